The molecular formula is C15H21FN2. The minimum atomic E-state index is -0.154. The lowest BCUT2D eigenvalue weighted by Crippen LogP contribution is -2.39. The van der Waals surface area contributed by atoms with Gasteiger partial charge in [0, 0.05) is 25.2 Å². The summed E-state index contributed by atoms with van der Waals surface area (Å²) in [5, 5.41) is 0. The van der Waals surface area contributed by atoms with Crippen LogP contribution in [0.25, 0.3) is 0 Å². The van der Waals surface area contributed by atoms with Crippen molar-refractivity contribution in [2.75, 3.05) is 13.1 Å². The highest BCUT2D eigenvalue weighted by molar-refractivity contribution is 5.30. The summed E-state index contributed by atoms with van der Waals surface area (Å²) < 4.78 is 13.5. The first-order valence-electron chi connectivity index (χ1n) is 6.91. The van der Waals surface area contributed by atoms with Crippen LogP contribution in [0.3, 0.4) is 0 Å². The lowest BCUT2D eigenvalue weighted by Gasteiger charge is -2.35. The van der Waals surface area contributed by atoms with Crippen LogP contribution in [-0.4, -0.2) is 24.0 Å². The molecule has 1 aromatic rings. The minimum Gasteiger partial charge on any atom is -0.329 e. The van der Waals surface area contributed by atoms with E-state index in [4.69, 9.17) is 5.73 Å². The topological polar surface area (TPSA) is 29.3 Å². The van der Waals surface area contributed by atoms with Crippen LogP contribution < -0.4 is 5.73 Å². The molecule has 2 N–H and O–H groups in total. The summed E-state index contributed by atoms with van der Waals surface area (Å²) in [5.41, 5.74) is 8.19. The van der Waals surface area contributed by atoms with Crippen LogP contribution in [-0.2, 0) is 0 Å². The van der Waals surface area contributed by atoms with E-state index in [1.165, 1.54) is 25.3 Å². The monoisotopic (exact) mass is 248 g/mol. The van der Waals surface area contributed by atoms with Gasteiger partial charge in [0.2, 0.25) is 0 Å². The van der Waals surface area contributed by atoms with Crippen molar-refractivity contribution in [3.63, 3.8) is 0 Å². The van der Waals surface area contributed by atoms with E-state index < -0.39 is 0 Å². The van der Waals surface area contributed by atoms with Crippen LogP contribution in [0.5, 0.6) is 0 Å². The van der Waals surface area contributed by atoms with Crippen molar-refractivity contribution < 1.29 is 4.39 Å². The highest BCUT2D eigenvalue weighted by atomic mass is 19.1. The maximum atomic E-state index is 13.5. The average molecular weight is 248 g/mol. The quantitative estimate of drug-likeness (QED) is 0.891. The summed E-state index contributed by atoms with van der Waals surface area (Å²) in [6, 6.07) is 5.92. The molecule has 3 rings (SSSR count). The van der Waals surface area contributed by atoms with Crippen molar-refractivity contribution in [3.05, 3.63) is 35.1 Å². The number of piperidine rings is 1. The first-order valence-corrected chi connectivity index (χ1v) is 6.91. The molecule has 3 heteroatoms. The first kappa shape index (κ1) is 12.1. The molecule has 1 aromatic carbocycles. The summed E-state index contributed by atoms with van der Waals surface area (Å²) >= 11 is 0. The fourth-order valence-electron chi connectivity index (χ4n) is 3.76. The fraction of sp³-hybridized carbons (Fsp3) is 0.600. The number of hydrogen-bond donors (Lipinski definition) is 1. The zero-order valence-corrected chi connectivity index (χ0v) is 10.9. The summed E-state index contributed by atoms with van der Waals surface area (Å²) in [6.45, 7) is 3.77. The first-order chi connectivity index (χ1) is 8.69. The zero-order valence-electron chi connectivity index (χ0n) is 10.9. The molecule has 0 spiro atoms. The van der Waals surface area contributed by atoms with Gasteiger partial charge in [-0.25, -0.2) is 4.39 Å². The molecule has 2 nitrogen and oxygen atoms in total. The highest BCUT2D eigenvalue weighted by Crippen LogP contribution is 2.42. The van der Waals surface area contributed by atoms with Gasteiger partial charge in [-0.05, 0) is 55.4 Å². The smallest absolute Gasteiger partial charge is 0.123 e. The van der Waals surface area contributed by atoms with E-state index in [2.05, 4.69) is 4.90 Å². The van der Waals surface area contributed by atoms with Gasteiger partial charge in [-0.1, -0.05) is 6.07 Å². The number of likely N-dealkylation sites (tertiary alicyclic amines) is 1. The maximum Gasteiger partial charge on any atom is 0.123 e. The minimum absolute atomic E-state index is 0.154. The van der Waals surface area contributed by atoms with Gasteiger partial charge in [-0.3, -0.25) is 4.90 Å². The van der Waals surface area contributed by atoms with Gasteiger partial charge in [0.05, 0.1) is 0 Å². The van der Waals surface area contributed by atoms with Crippen molar-refractivity contribution in [2.45, 2.75) is 38.3 Å². The number of nitrogens with zero attached hydrogens (tertiary/aromatic N) is 1. The Morgan fingerprint density at radius 2 is 2.28 bits per heavy atom. The molecule has 2 fully saturated rings. The largest absolute Gasteiger partial charge is 0.329 e. The van der Waals surface area contributed by atoms with Crippen molar-refractivity contribution in [1.82, 2.24) is 4.90 Å². The van der Waals surface area contributed by atoms with Gasteiger partial charge >= 0.3 is 0 Å². The van der Waals surface area contributed by atoms with Gasteiger partial charge in [-0.2, -0.15) is 0 Å². The van der Waals surface area contributed by atoms with E-state index in [9.17, 15) is 4.39 Å². The Bertz CT molecular complexity index is 446. The number of fused-ring (bicyclic) bond motifs is 2. The van der Waals surface area contributed by atoms with Gasteiger partial charge in [-0.15, -0.1) is 0 Å². The molecular weight excluding hydrogens is 227 g/mol. The highest BCUT2D eigenvalue weighted by Gasteiger charge is 2.41. The van der Waals surface area contributed by atoms with Crippen LogP contribution in [0.15, 0.2) is 18.2 Å². The third kappa shape index (κ3) is 1.95. The number of aryl methyl sites for hydroxylation is 1. The lowest BCUT2D eigenvalue weighted by molar-refractivity contribution is 0.152. The Hall–Kier alpha value is -0.930. The summed E-state index contributed by atoms with van der Waals surface area (Å²) in [4.78, 5) is 2.51. The molecule has 18 heavy (non-hydrogen) atoms. The van der Waals surface area contributed by atoms with Crippen LogP contribution in [0.1, 0.15) is 36.4 Å². The Labute approximate surface area is 108 Å². The zero-order chi connectivity index (χ0) is 12.7. The van der Waals surface area contributed by atoms with E-state index in [1.54, 1.807) is 6.07 Å². The third-order valence-corrected chi connectivity index (χ3v) is 4.68. The number of benzene rings is 1. The molecule has 1 heterocycles. The van der Waals surface area contributed by atoms with Crippen LogP contribution in [0, 0.1) is 18.7 Å². The summed E-state index contributed by atoms with van der Waals surface area (Å²) in [5.74, 6) is 0.691. The third-order valence-electron chi connectivity index (χ3n) is 4.68. The molecule has 1 saturated carbocycles. The van der Waals surface area contributed by atoms with Crippen molar-refractivity contribution in [1.29, 1.82) is 0 Å². The number of nitrogens with two attached hydrogens (primary N) is 1. The predicted molar refractivity (Wildman–Crippen MR) is 70.8 cm³/mol. The molecule has 0 amide bonds. The van der Waals surface area contributed by atoms with E-state index >= 15 is 0 Å². The second-order valence-electron chi connectivity index (χ2n) is 5.78. The van der Waals surface area contributed by atoms with E-state index in [0.717, 1.165) is 23.6 Å². The van der Waals surface area contributed by atoms with E-state index in [0.29, 0.717) is 12.6 Å². The molecule has 3 unspecified atom stereocenters. The van der Waals surface area contributed by atoms with Crippen LogP contribution >= 0.6 is 0 Å². The molecule has 3 atom stereocenters. The van der Waals surface area contributed by atoms with Gasteiger partial charge < -0.3 is 5.73 Å². The standard InChI is InChI=1S/C15H21FN2/c1-10-2-4-12(16)7-14(10)15(8-17)18-9-11-3-5-13(18)6-11/h2,4,7,11,13,15H,3,5-6,8-9,17H2,1H3. The number of rotatable bonds is 3. The molecule has 1 saturated heterocycles. The summed E-state index contributed by atoms with van der Waals surface area (Å²) in [6.07, 6.45) is 3.96. The maximum absolute atomic E-state index is 13.5. The number of halogens is 1. The van der Waals surface area contributed by atoms with Gasteiger partial charge in [0.1, 0.15) is 5.82 Å². The summed E-state index contributed by atoms with van der Waals surface area (Å²) in [7, 11) is 0. The Morgan fingerprint density at radius 1 is 1.44 bits per heavy atom. The predicted octanol–water partition coefficient (Wildman–Crippen LogP) is 2.62. The second-order valence-corrected chi connectivity index (χ2v) is 5.78. The van der Waals surface area contributed by atoms with Crippen molar-refractivity contribution in [2.24, 2.45) is 11.7 Å². The Morgan fingerprint density at radius 3 is 2.89 bits per heavy atom. The molecule has 2 bridgehead atoms. The van der Waals surface area contributed by atoms with Crippen LogP contribution in [0.4, 0.5) is 4.39 Å². The average Bonchev–Trinajstić information content (AvgIpc) is 2.97. The molecule has 98 valence electrons. The van der Waals surface area contributed by atoms with Crippen LogP contribution in [0.2, 0.25) is 0 Å². The normalized spacial score (nSPS) is 28.8. The fourth-order valence-corrected chi connectivity index (χ4v) is 3.76. The lowest BCUT2D eigenvalue weighted by atomic mass is 9.97. The Balaban J connectivity index is 1.90. The Kier molecular flexibility index (Phi) is 3.12. The second kappa shape index (κ2) is 4.63. The van der Waals surface area contributed by atoms with E-state index in [-0.39, 0.29) is 11.9 Å². The van der Waals surface area contributed by atoms with Crippen molar-refractivity contribution >= 4 is 0 Å². The number of hydrogen-bond acceptors (Lipinski definition) is 2. The van der Waals surface area contributed by atoms with E-state index in [1.807, 2.05) is 13.0 Å². The van der Waals surface area contributed by atoms with Crippen molar-refractivity contribution in [3.8, 4) is 0 Å². The molecule has 0 radical (unpaired) electrons. The molecule has 2 aliphatic rings. The van der Waals surface area contributed by atoms with Gasteiger partial charge in [0.25, 0.3) is 0 Å². The molecule has 1 aliphatic carbocycles. The molecule has 0 aromatic heterocycles. The SMILES string of the molecule is Cc1ccc(F)cc1C(CN)N1CC2CCC1C2. The molecule has 1 aliphatic heterocycles. The van der Waals surface area contributed by atoms with Gasteiger partial charge in [0.15, 0.2) is 0 Å².